The molecule has 1 aromatic rings. The molecule has 1 aliphatic heterocycles. The van der Waals surface area contributed by atoms with Gasteiger partial charge < -0.3 is 10.5 Å². The first-order chi connectivity index (χ1) is 9.49. The van der Waals surface area contributed by atoms with Crippen molar-refractivity contribution in [3.8, 4) is 5.75 Å². The molecule has 20 heavy (non-hydrogen) atoms. The van der Waals surface area contributed by atoms with Crippen LogP contribution in [0.5, 0.6) is 5.75 Å². The number of hydrogen-bond acceptors (Lipinski definition) is 4. The molecule has 1 saturated heterocycles. The second-order valence-corrected chi connectivity index (χ2v) is 5.12. The number of carbonyl (C=O) groups is 2. The summed E-state index contributed by atoms with van der Waals surface area (Å²) in [6.45, 7) is 3.88. The van der Waals surface area contributed by atoms with Gasteiger partial charge in [0.2, 0.25) is 11.8 Å². The van der Waals surface area contributed by atoms with Crippen molar-refractivity contribution in [1.29, 1.82) is 0 Å². The van der Waals surface area contributed by atoms with Gasteiger partial charge >= 0.3 is 0 Å². The summed E-state index contributed by atoms with van der Waals surface area (Å²) in [5.41, 5.74) is 6.18. The molecule has 0 aliphatic carbocycles. The van der Waals surface area contributed by atoms with Gasteiger partial charge in [-0.3, -0.25) is 9.59 Å². The predicted octanol–water partition coefficient (Wildman–Crippen LogP) is 2.35. The van der Waals surface area contributed by atoms with Crippen LogP contribution in [0.1, 0.15) is 33.1 Å². The second-order valence-electron chi connectivity index (χ2n) is 5.12. The van der Waals surface area contributed by atoms with Gasteiger partial charge in [0.15, 0.2) is 0 Å². The molecule has 0 radical (unpaired) electrons. The minimum absolute atomic E-state index is 0.149. The number of carbonyl (C=O) groups excluding carboxylic acids is 2. The van der Waals surface area contributed by atoms with Gasteiger partial charge in [-0.25, -0.2) is 4.90 Å². The SMILES string of the molecule is CCC1(CC)CC(=O)N(c2ccc(OC)cc2N)C1=O. The number of imide groups is 1. The molecule has 0 unspecified atom stereocenters. The van der Waals surface area contributed by atoms with E-state index < -0.39 is 5.41 Å². The van der Waals surface area contributed by atoms with Crippen LogP contribution in [0.2, 0.25) is 0 Å². The van der Waals surface area contributed by atoms with Crippen molar-refractivity contribution in [2.24, 2.45) is 5.41 Å². The van der Waals surface area contributed by atoms with Gasteiger partial charge in [0.25, 0.3) is 0 Å². The average Bonchev–Trinajstić information content (AvgIpc) is 2.70. The van der Waals surface area contributed by atoms with Gasteiger partial charge in [-0.15, -0.1) is 0 Å². The van der Waals surface area contributed by atoms with Crippen molar-refractivity contribution in [2.75, 3.05) is 17.7 Å². The standard InChI is InChI=1S/C15H20N2O3/c1-4-15(5-2)9-13(18)17(14(15)19)12-7-6-10(20-3)8-11(12)16/h6-8H,4-5,9,16H2,1-3H3. The molecule has 0 aromatic heterocycles. The largest absolute Gasteiger partial charge is 0.497 e. The summed E-state index contributed by atoms with van der Waals surface area (Å²) >= 11 is 0. The number of amides is 2. The van der Waals surface area contributed by atoms with E-state index in [4.69, 9.17) is 10.5 Å². The molecule has 0 saturated carbocycles. The van der Waals surface area contributed by atoms with Crippen LogP contribution in [-0.4, -0.2) is 18.9 Å². The zero-order chi connectivity index (χ0) is 14.9. The zero-order valence-electron chi connectivity index (χ0n) is 12.1. The Labute approximate surface area is 118 Å². The van der Waals surface area contributed by atoms with E-state index in [1.807, 2.05) is 13.8 Å². The molecular weight excluding hydrogens is 256 g/mol. The maximum Gasteiger partial charge on any atom is 0.240 e. The number of nitrogens with zero attached hydrogens (tertiary/aromatic N) is 1. The Morgan fingerprint density at radius 3 is 2.40 bits per heavy atom. The van der Waals surface area contributed by atoms with Gasteiger partial charge in [-0.2, -0.15) is 0 Å². The lowest BCUT2D eigenvalue weighted by atomic mass is 9.81. The van der Waals surface area contributed by atoms with Crippen LogP contribution in [0.3, 0.4) is 0 Å². The van der Waals surface area contributed by atoms with Crippen LogP contribution in [0, 0.1) is 5.41 Å². The summed E-state index contributed by atoms with van der Waals surface area (Å²) in [5.74, 6) is 0.266. The van der Waals surface area contributed by atoms with Crippen molar-refractivity contribution in [3.63, 3.8) is 0 Å². The summed E-state index contributed by atoms with van der Waals surface area (Å²) in [6.07, 6.45) is 1.56. The highest BCUT2D eigenvalue weighted by molar-refractivity contribution is 6.23. The molecule has 2 amide bonds. The van der Waals surface area contributed by atoms with Gasteiger partial charge in [0.1, 0.15) is 5.75 Å². The maximum atomic E-state index is 12.6. The molecule has 0 atom stereocenters. The minimum Gasteiger partial charge on any atom is -0.497 e. The van der Waals surface area contributed by atoms with Crippen LogP contribution in [0.4, 0.5) is 11.4 Å². The third-order valence-electron chi connectivity index (χ3n) is 4.22. The van der Waals surface area contributed by atoms with Crippen molar-refractivity contribution in [3.05, 3.63) is 18.2 Å². The van der Waals surface area contributed by atoms with Crippen LogP contribution in [0.25, 0.3) is 0 Å². The first-order valence-corrected chi connectivity index (χ1v) is 6.80. The molecule has 0 spiro atoms. The zero-order valence-corrected chi connectivity index (χ0v) is 12.1. The number of ether oxygens (including phenoxy) is 1. The Balaban J connectivity index is 2.43. The third-order valence-corrected chi connectivity index (χ3v) is 4.22. The number of hydrogen-bond donors (Lipinski definition) is 1. The van der Waals surface area contributed by atoms with Crippen molar-refractivity contribution in [1.82, 2.24) is 0 Å². The summed E-state index contributed by atoms with van der Waals surface area (Å²) < 4.78 is 5.08. The lowest BCUT2D eigenvalue weighted by Crippen LogP contribution is -2.35. The van der Waals surface area contributed by atoms with Gasteiger partial charge in [-0.05, 0) is 25.0 Å². The van der Waals surface area contributed by atoms with Crippen molar-refractivity contribution >= 4 is 23.2 Å². The Kier molecular flexibility index (Phi) is 3.70. The summed E-state index contributed by atoms with van der Waals surface area (Å²) in [4.78, 5) is 26.1. The van der Waals surface area contributed by atoms with Gasteiger partial charge in [0, 0.05) is 12.5 Å². The highest BCUT2D eigenvalue weighted by atomic mass is 16.5. The van der Waals surface area contributed by atoms with E-state index >= 15 is 0 Å². The first-order valence-electron chi connectivity index (χ1n) is 6.80. The number of methoxy groups -OCH3 is 1. The topological polar surface area (TPSA) is 72.6 Å². The Morgan fingerprint density at radius 2 is 1.95 bits per heavy atom. The number of anilines is 2. The Morgan fingerprint density at radius 1 is 1.30 bits per heavy atom. The fourth-order valence-corrected chi connectivity index (χ4v) is 2.70. The monoisotopic (exact) mass is 276 g/mol. The molecule has 1 aliphatic rings. The van der Waals surface area contributed by atoms with Crippen molar-refractivity contribution < 1.29 is 14.3 Å². The molecular formula is C15H20N2O3. The summed E-state index contributed by atoms with van der Waals surface area (Å²) in [7, 11) is 1.54. The number of benzene rings is 1. The fraction of sp³-hybridized carbons (Fsp3) is 0.467. The average molecular weight is 276 g/mol. The molecule has 0 bridgehead atoms. The minimum atomic E-state index is -0.580. The predicted molar refractivity (Wildman–Crippen MR) is 77.5 cm³/mol. The molecule has 2 rings (SSSR count). The molecule has 108 valence electrons. The quantitative estimate of drug-likeness (QED) is 0.676. The molecule has 2 N–H and O–H groups in total. The lowest BCUT2D eigenvalue weighted by molar-refractivity contribution is -0.126. The molecule has 1 heterocycles. The van der Waals surface area contributed by atoms with E-state index in [1.165, 1.54) is 4.90 Å². The van der Waals surface area contributed by atoms with E-state index in [9.17, 15) is 9.59 Å². The van der Waals surface area contributed by atoms with Gasteiger partial charge in [-0.1, -0.05) is 13.8 Å². The summed E-state index contributed by atoms with van der Waals surface area (Å²) in [6, 6.07) is 4.98. The van der Waals surface area contributed by atoms with Crippen molar-refractivity contribution in [2.45, 2.75) is 33.1 Å². The molecule has 5 heteroatoms. The molecule has 1 aromatic carbocycles. The van der Waals surface area contributed by atoms with E-state index in [1.54, 1.807) is 25.3 Å². The normalized spacial score (nSPS) is 17.6. The van der Waals surface area contributed by atoms with E-state index in [-0.39, 0.29) is 18.2 Å². The maximum absolute atomic E-state index is 12.6. The van der Waals surface area contributed by atoms with Gasteiger partial charge in [0.05, 0.1) is 23.9 Å². The Hall–Kier alpha value is -2.04. The van der Waals surface area contributed by atoms with E-state index in [0.29, 0.717) is 30.0 Å². The Bertz CT molecular complexity index is 550. The number of rotatable bonds is 4. The summed E-state index contributed by atoms with van der Waals surface area (Å²) in [5, 5.41) is 0. The number of nitrogens with two attached hydrogens (primary N) is 1. The highest BCUT2D eigenvalue weighted by Gasteiger charge is 2.50. The first kappa shape index (κ1) is 14.4. The van der Waals surface area contributed by atoms with Crippen LogP contribution in [-0.2, 0) is 9.59 Å². The molecule has 1 fully saturated rings. The van der Waals surface area contributed by atoms with E-state index in [0.717, 1.165) is 0 Å². The molecule has 5 nitrogen and oxygen atoms in total. The number of nitrogen functional groups attached to an aromatic ring is 1. The smallest absolute Gasteiger partial charge is 0.240 e. The van der Waals surface area contributed by atoms with E-state index in [2.05, 4.69) is 0 Å². The van der Waals surface area contributed by atoms with Crippen LogP contribution in [0.15, 0.2) is 18.2 Å². The highest BCUT2D eigenvalue weighted by Crippen LogP contribution is 2.42. The lowest BCUT2D eigenvalue weighted by Gasteiger charge is -2.24. The van der Waals surface area contributed by atoms with Crippen LogP contribution >= 0.6 is 0 Å². The van der Waals surface area contributed by atoms with Crippen LogP contribution < -0.4 is 15.4 Å². The fourth-order valence-electron chi connectivity index (χ4n) is 2.70. The second kappa shape index (κ2) is 5.15. The third kappa shape index (κ3) is 2.03.